The molecule has 3 aliphatic heterocycles. The number of piperidine rings is 1. The zero-order valence-corrected chi connectivity index (χ0v) is 23.8. The fraction of sp³-hybridized carbons (Fsp3) is 0.419. The summed E-state index contributed by atoms with van der Waals surface area (Å²) >= 11 is 0. The Labute approximate surface area is 238 Å². The largest absolute Gasteiger partial charge is 0.486 e. The molecule has 1 fully saturated rings. The van der Waals surface area contributed by atoms with Crippen LogP contribution in [0.5, 0.6) is 5.75 Å². The van der Waals surface area contributed by atoms with Gasteiger partial charge in [0.1, 0.15) is 12.4 Å². The number of pyridine rings is 2. The Bertz CT molecular complexity index is 1580. The molecule has 0 amide bonds. The molecule has 1 N–H and O–H groups in total. The van der Waals surface area contributed by atoms with Crippen molar-refractivity contribution in [2.45, 2.75) is 38.9 Å². The molecule has 1 aromatic carbocycles. The first-order valence-corrected chi connectivity index (χ1v) is 14.2. The third-order valence-electron chi connectivity index (χ3n) is 8.53. The van der Waals surface area contributed by atoms with Gasteiger partial charge in [0.25, 0.3) is 0 Å². The molecule has 10 heteroatoms. The third kappa shape index (κ3) is 5.28. The second kappa shape index (κ2) is 11.2. The first-order chi connectivity index (χ1) is 19.8. The lowest BCUT2D eigenvalue weighted by molar-refractivity contribution is 0.177. The van der Waals surface area contributed by atoms with Crippen LogP contribution in [-0.2, 0) is 13.1 Å². The SMILES string of the molecule is CNc1ccc(N2CCCC(N(CC3=CC=C(C)N(C)C3)Cc3cn4c5c(c(F)c(F)cc5c3=O)OCC4)C2)cn1. The van der Waals surface area contributed by atoms with E-state index in [1.165, 1.54) is 11.3 Å². The molecule has 8 nitrogen and oxygen atoms in total. The standard InChI is InChI=1S/C31H36F2N6O2/c1-20-6-7-21(15-36(20)3)16-39(24-5-4-10-37(19-24)23-8-9-27(34-2)35-14-23)18-22-17-38-11-12-41-31-28(33)26(32)13-25(29(31)38)30(22)40/h6-9,13-14,17,24H,4-5,10-12,15-16,18-19H2,1-3H3,(H,34,35). The van der Waals surface area contributed by atoms with Gasteiger partial charge in [0, 0.05) is 70.3 Å². The van der Waals surface area contributed by atoms with Crippen LogP contribution in [0.25, 0.3) is 10.9 Å². The number of anilines is 2. The number of nitrogens with one attached hydrogen (secondary N) is 1. The van der Waals surface area contributed by atoms with Gasteiger partial charge in [-0.1, -0.05) is 6.08 Å². The smallest absolute Gasteiger partial charge is 0.202 e. The van der Waals surface area contributed by atoms with Gasteiger partial charge in [0.15, 0.2) is 17.0 Å². The van der Waals surface area contributed by atoms with Crippen molar-refractivity contribution in [2.75, 3.05) is 57.1 Å². The van der Waals surface area contributed by atoms with Gasteiger partial charge in [-0.15, -0.1) is 0 Å². The predicted octanol–water partition coefficient (Wildman–Crippen LogP) is 4.36. The first kappa shape index (κ1) is 27.3. The molecule has 0 aliphatic carbocycles. The number of halogens is 2. The fourth-order valence-electron chi connectivity index (χ4n) is 6.15. The predicted molar refractivity (Wildman–Crippen MR) is 158 cm³/mol. The number of ether oxygens (including phenoxy) is 1. The van der Waals surface area contributed by atoms with Crippen LogP contribution in [0.2, 0.25) is 0 Å². The second-order valence-corrected chi connectivity index (χ2v) is 11.2. The van der Waals surface area contributed by atoms with Gasteiger partial charge in [0.05, 0.1) is 29.3 Å². The van der Waals surface area contributed by atoms with E-state index in [1.807, 2.05) is 30.1 Å². The minimum absolute atomic E-state index is 0.159. The van der Waals surface area contributed by atoms with Crippen molar-refractivity contribution >= 4 is 22.4 Å². The van der Waals surface area contributed by atoms with E-state index in [9.17, 15) is 13.6 Å². The average Bonchev–Trinajstić information content (AvgIpc) is 2.99. The minimum atomic E-state index is -1.06. The van der Waals surface area contributed by atoms with E-state index in [2.05, 4.69) is 57.2 Å². The zero-order valence-electron chi connectivity index (χ0n) is 23.8. The van der Waals surface area contributed by atoms with E-state index >= 15 is 0 Å². The van der Waals surface area contributed by atoms with E-state index in [0.717, 1.165) is 50.0 Å². The van der Waals surface area contributed by atoms with Crippen LogP contribution < -0.4 is 20.4 Å². The summed E-state index contributed by atoms with van der Waals surface area (Å²) in [5.74, 6) is -1.46. The van der Waals surface area contributed by atoms with E-state index in [-0.39, 0.29) is 29.2 Å². The number of aromatic nitrogens is 2. The molecule has 1 unspecified atom stereocenters. The minimum Gasteiger partial charge on any atom is -0.486 e. The van der Waals surface area contributed by atoms with E-state index in [4.69, 9.17) is 4.74 Å². The van der Waals surface area contributed by atoms with Gasteiger partial charge < -0.3 is 24.4 Å². The molecular weight excluding hydrogens is 526 g/mol. The van der Waals surface area contributed by atoms with Crippen molar-refractivity contribution in [3.05, 3.63) is 81.4 Å². The fourth-order valence-corrected chi connectivity index (χ4v) is 6.15. The highest BCUT2D eigenvalue weighted by atomic mass is 19.2. The number of likely N-dealkylation sites (N-methyl/N-ethyl adjacent to an activating group) is 1. The summed E-state index contributed by atoms with van der Waals surface area (Å²) in [6, 6.07) is 5.28. The molecule has 3 aromatic rings. The molecular formula is C31H36F2N6O2. The van der Waals surface area contributed by atoms with Gasteiger partial charge in [-0.25, -0.2) is 9.37 Å². The van der Waals surface area contributed by atoms with Gasteiger partial charge in [-0.05, 0) is 49.6 Å². The Morgan fingerprint density at radius 1 is 1.20 bits per heavy atom. The Morgan fingerprint density at radius 3 is 2.80 bits per heavy atom. The van der Waals surface area contributed by atoms with E-state index in [0.29, 0.717) is 30.7 Å². The van der Waals surface area contributed by atoms with Crippen LogP contribution in [0.1, 0.15) is 25.3 Å². The lowest BCUT2D eigenvalue weighted by atomic mass is 10.0. The Balaban J connectivity index is 1.35. The van der Waals surface area contributed by atoms with Crippen molar-refractivity contribution in [2.24, 2.45) is 0 Å². The van der Waals surface area contributed by atoms with Crippen molar-refractivity contribution in [3.63, 3.8) is 0 Å². The van der Waals surface area contributed by atoms with Gasteiger partial charge in [0.2, 0.25) is 5.82 Å². The molecule has 6 rings (SSSR count). The highest BCUT2D eigenvalue weighted by molar-refractivity contribution is 5.86. The van der Waals surface area contributed by atoms with Crippen LogP contribution in [0.15, 0.2) is 58.8 Å². The number of rotatable bonds is 7. The summed E-state index contributed by atoms with van der Waals surface area (Å²) in [5.41, 5.74) is 4.17. The number of nitrogens with zero attached hydrogens (tertiary/aromatic N) is 5. The number of hydrogen-bond acceptors (Lipinski definition) is 7. The van der Waals surface area contributed by atoms with Gasteiger partial charge in [-0.3, -0.25) is 9.69 Å². The highest BCUT2D eigenvalue weighted by Crippen LogP contribution is 2.33. The summed E-state index contributed by atoms with van der Waals surface area (Å²) in [4.78, 5) is 25.2. The molecule has 2 aromatic heterocycles. The van der Waals surface area contributed by atoms with Crippen LogP contribution in [0.4, 0.5) is 20.3 Å². The van der Waals surface area contributed by atoms with Crippen LogP contribution in [0.3, 0.4) is 0 Å². The van der Waals surface area contributed by atoms with E-state index < -0.39 is 11.6 Å². The Kier molecular flexibility index (Phi) is 7.42. The van der Waals surface area contributed by atoms with E-state index in [1.54, 1.807) is 0 Å². The molecule has 3 aliphatic rings. The number of hydrogen-bond donors (Lipinski definition) is 1. The molecule has 1 saturated heterocycles. The molecule has 0 bridgehead atoms. The lowest BCUT2D eigenvalue weighted by Gasteiger charge is -2.41. The maximum absolute atomic E-state index is 14.5. The monoisotopic (exact) mass is 562 g/mol. The molecule has 0 radical (unpaired) electrons. The van der Waals surface area contributed by atoms with Crippen LogP contribution in [-0.4, -0.2) is 72.3 Å². The van der Waals surface area contributed by atoms with Crippen molar-refractivity contribution < 1.29 is 13.5 Å². The summed E-state index contributed by atoms with van der Waals surface area (Å²) in [7, 11) is 3.94. The summed E-state index contributed by atoms with van der Waals surface area (Å²) in [5, 5.41) is 3.23. The topological polar surface area (TPSA) is 65.9 Å². The quantitative estimate of drug-likeness (QED) is 0.459. The summed E-state index contributed by atoms with van der Waals surface area (Å²) < 4.78 is 36.3. The molecule has 216 valence electrons. The molecule has 0 spiro atoms. The Hall–Kier alpha value is -3.92. The molecule has 1 atom stereocenters. The number of benzene rings is 1. The first-order valence-electron chi connectivity index (χ1n) is 14.2. The van der Waals surface area contributed by atoms with Gasteiger partial charge in [-0.2, -0.15) is 4.39 Å². The molecule has 5 heterocycles. The van der Waals surface area contributed by atoms with Crippen molar-refractivity contribution in [3.8, 4) is 5.75 Å². The van der Waals surface area contributed by atoms with Crippen molar-refractivity contribution in [1.82, 2.24) is 19.4 Å². The summed E-state index contributed by atoms with van der Waals surface area (Å²) in [6.45, 7) is 6.45. The van der Waals surface area contributed by atoms with Crippen LogP contribution >= 0.6 is 0 Å². The maximum atomic E-state index is 14.5. The number of allylic oxidation sites excluding steroid dienone is 3. The Morgan fingerprint density at radius 2 is 2.05 bits per heavy atom. The van der Waals surface area contributed by atoms with Crippen molar-refractivity contribution in [1.29, 1.82) is 0 Å². The zero-order chi connectivity index (χ0) is 28.7. The third-order valence-corrected chi connectivity index (χ3v) is 8.53. The maximum Gasteiger partial charge on any atom is 0.202 e. The highest BCUT2D eigenvalue weighted by Gasteiger charge is 2.29. The lowest BCUT2D eigenvalue weighted by Crippen LogP contribution is -2.49. The molecule has 0 saturated carbocycles. The summed E-state index contributed by atoms with van der Waals surface area (Å²) in [6.07, 6.45) is 10.0. The molecule has 41 heavy (non-hydrogen) atoms. The second-order valence-electron chi connectivity index (χ2n) is 11.2. The van der Waals surface area contributed by atoms with Crippen LogP contribution in [0, 0.1) is 11.6 Å². The average molecular weight is 563 g/mol. The normalized spacial score (nSPS) is 18.8. The van der Waals surface area contributed by atoms with Gasteiger partial charge >= 0.3 is 0 Å².